The zero-order chi connectivity index (χ0) is 9.97. The molecule has 0 spiro atoms. The summed E-state index contributed by atoms with van der Waals surface area (Å²) in [5.74, 6) is 0. The number of fused-ring (bicyclic) bond motifs is 1. The maximum absolute atomic E-state index is 8.55. The van der Waals surface area contributed by atoms with E-state index in [0.29, 0.717) is 0 Å². The summed E-state index contributed by atoms with van der Waals surface area (Å²) in [6.45, 7) is 0. The first kappa shape index (κ1) is 9.53. The Balaban J connectivity index is 2.38. The van der Waals surface area contributed by atoms with E-state index in [1.54, 1.807) is 0 Å². The van der Waals surface area contributed by atoms with Crippen molar-refractivity contribution in [1.82, 2.24) is 0 Å². The second-order valence-electron chi connectivity index (χ2n) is 3.58. The first-order valence-corrected chi connectivity index (χ1v) is 5.19. The number of nitrogens with zero attached hydrogens (tertiary/aromatic N) is 1. The van der Waals surface area contributed by atoms with E-state index in [1.807, 2.05) is 12.1 Å². The number of benzene rings is 1. The fraction of sp³-hybridized carbons (Fsp3) is 0.364. The molecule has 0 saturated carbocycles. The minimum absolute atomic E-state index is 0.165. The normalized spacial score (nSPS) is 16.5. The molecule has 0 fully saturated rings. The minimum atomic E-state index is 0.165. The van der Waals surface area contributed by atoms with E-state index in [0.717, 1.165) is 18.4 Å². The Morgan fingerprint density at radius 1 is 1.21 bits per heavy atom. The van der Waals surface area contributed by atoms with Crippen molar-refractivity contribution in [3.63, 3.8) is 0 Å². The molecule has 0 amide bonds. The van der Waals surface area contributed by atoms with Crippen LogP contribution < -0.4 is 0 Å². The van der Waals surface area contributed by atoms with Gasteiger partial charge in [-0.3, -0.25) is 0 Å². The summed E-state index contributed by atoms with van der Waals surface area (Å²) in [5.41, 5.74) is 3.55. The van der Waals surface area contributed by atoms with Crippen LogP contribution in [-0.2, 0) is 12.8 Å². The molecule has 0 atom stereocenters. The van der Waals surface area contributed by atoms with Crippen molar-refractivity contribution in [3.8, 4) is 0 Å². The topological polar surface area (TPSA) is 32.6 Å². The van der Waals surface area contributed by atoms with E-state index in [4.69, 9.17) is 16.8 Å². The Kier molecular flexibility index (Phi) is 2.73. The number of halogens is 1. The molecule has 1 aliphatic rings. The van der Waals surface area contributed by atoms with E-state index in [-0.39, 0.29) is 5.17 Å². The van der Waals surface area contributed by atoms with Gasteiger partial charge in [0.05, 0.1) is 0 Å². The van der Waals surface area contributed by atoms with Crippen LogP contribution in [0.15, 0.2) is 23.4 Å². The molecule has 0 saturated heterocycles. The highest BCUT2D eigenvalue weighted by Crippen LogP contribution is 2.22. The molecule has 0 aliphatic heterocycles. The van der Waals surface area contributed by atoms with Crippen LogP contribution in [-0.4, -0.2) is 10.4 Å². The van der Waals surface area contributed by atoms with Crippen LogP contribution in [0.5, 0.6) is 0 Å². The van der Waals surface area contributed by atoms with Gasteiger partial charge in [0.2, 0.25) is 0 Å². The molecule has 2 nitrogen and oxygen atoms in total. The van der Waals surface area contributed by atoms with Gasteiger partial charge in [-0.1, -0.05) is 28.9 Å². The third-order valence-corrected chi connectivity index (χ3v) is 2.97. The summed E-state index contributed by atoms with van der Waals surface area (Å²) in [5, 5.41) is 11.7. The molecule has 14 heavy (non-hydrogen) atoms. The van der Waals surface area contributed by atoms with Gasteiger partial charge in [0.15, 0.2) is 5.17 Å². The predicted molar refractivity (Wildman–Crippen MR) is 57.3 cm³/mol. The fourth-order valence-electron chi connectivity index (χ4n) is 1.92. The van der Waals surface area contributed by atoms with Crippen LogP contribution in [0, 0.1) is 0 Å². The number of hydrogen-bond donors (Lipinski definition) is 1. The summed E-state index contributed by atoms with van der Waals surface area (Å²) < 4.78 is 0. The van der Waals surface area contributed by atoms with Crippen LogP contribution in [0.25, 0.3) is 0 Å². The average molecular weight is 210 g/mol. The summed E-state index contributed by atoms with van der Waals surface area (Å²) in [6, 6.07) is 6.01. The van der Waals surface area contributed by atoms with Gasteiger partial charge < -0.3 is 5.21 Å². The molecular formula is C11H12ClNO. The highest BCUT2D eigenvalue weighted by Gasteiger charge is 2.10. The second-order valence-corrected chi connectivity index (χ2v) is 3.94. The third kappa shape index (κ3) is 1.75. The Morgan fingerprint density at radius 3 is 2.64 bits per heavy atom. The highest BCUT2D eigenvalue weighted by molar-refractivity contribution is 6.69. The summed E-state index contributed by atoms with van der Waals surface area (Å²) in [7, 11) is 0. The molecule has 1 aromatic carbocycles. The van der Waals surface area contributed by atoms with Crippen molar-refractivity contribution in [3.05, 3.63) is 34.9 Å². The van der Waals surface area contributed by atoms with Crippen molar-refractivity contribution in [1.29, 1.82) is 0 Å². The van der Waals surface area contributed by atoms with Crippen molar-refractivity contribution in [2.45, 2.75) is 25.7 Å². The van der Waals surface area contributed by atoms with Crippen molar-refractivity contribution in [2.75, 3.05) is 0 Å². The van der Waals surface area contributed by atoms with Crippen LogP contribution in [0.1, 0.15) is 29.5 Å². The van der Waals surface area contributed by atoms with Gasteiger partial charge in [0.25, 0.3) is 0 Å². The van der Waals surface area contributed by atoms with Gasteiger partial charge in [0, 0.05) is 5.56 Å². The summed E-state index contributed by atoms with van der Waals surface area (Å²) >= 11 is 5.73. The fourth-order valence-corrected chi connectivity index (χ4v) is 2.04. The Labute approximate surface area is 88.2 Å². The first-order valence-electron chi connectivity index (χ1n) is 4.81. The Hall–Kier alpha value is -1.02. The van der Waals surface area contributed by atoms with Gasteiger partial charge in [-0.15, -0.1) is 0 Å². The van der Waals surface area contributed by atoms with E-state index in [1.165, 1.54) is 24.0 Å². The summed E-state index contributed by atoms with van der Waals surface area (Å²) in [6.07, 6.45) is 4.78. The molecular weight excluding hydrogens is 198 g/mol. The van der Waals surface area contributed by atoms with Gasteiger partial charge >= 0.3 is 0 Å². The SMILES string of the molecule is O/N=C(\Cl)c1ccc2c(c1)CCCC2. The van der Waals surface area contributed by atoms with E-state index in [2.05, 4.69) is 11.2 Å². The molecule has 0 bridgehead atoms. The molecule has 74 valence electrons. The van der Waals surface area contributed by atoms with Gasteiger partial charge in [-0.05, 0) is 42.9 Å². The van der Waals surface area contributed by atoms with Crippen LogP contribution >= 0.6 is 11.6 Å². The minimum Gasteiger partial charge on any atom is -0.410 e. The lowest BCUT2D eigenvalue weighted by molar-refractivity contribution is 0.321. The third-order valence-electron chi connectivity index (χ3n) is 2.67. The largest absolute Gasteiger partial charge is 0.410 e. The van der Waals surface area contributed by atoms with Crippen LogP contribution in [0.2, 0.25) is 0 Å². The van der Waals surface area contributed by atoms with Gasteiger partial charge in [-0.25, -0.2) is 0 Å². The maximum Gasteiger partial charge on any atom is 0.175 e. The number of hydrogen-bond acceptors (Lipinski definition) is 2. The molecule has 0 radical (unpaired) electrons. The molecule has 1 aromatic rings. The van der Waals surface area contributed by atoms with E-state index >= 15 is 0 Å². The Bertz CT molecular complexity index is 374. The highest BCUT2D eigenvalue weighted by atomic mass is 35.5. The molecule has 0 heterocycles. The lowest BCUT2D eigenvalue weighted by Gasteiger charge is -2.15. The predicted octanol–water partition coefficient (Wildman–Crippen LogP) is 2.94. The number of aryl methyl sites for hydroxylation is 2. The molecule has 1 N–H and O–H groups in total. The number of oxime groups is 1. The summed E-state index contributed by atoms with van der Waals surface area (Å²) in [4.78, 5) is 0. The maximum atomic E-state index is 8.55. The number of rotatable bonds is 1. The van der Waals surface area contributed by atoms with Crippen LogP contribution in [0.3, 0.4) is 0 Å². The first-order chi connectivity index (χ1) is 6.81. The molecule has 0 aromatic heterocycles. The standard InChI is InChI=1S/C11H12ClNO/c12-11(13-14)10-6-5-8-3-1-2-4-9(8)7-10/h5-7,14H,1-4H2/b13-11-. The lowest BCUT2D eigenvalue weighted by atomic mass is 9.90. The van der Waals surface area contributed by atoms with Crippen LogP contribution in [0.4, 0.5) is 0 Å². The lowest BCUT2D eigenvalue weighted by Crippen LogP contribution is -2.04. The van der Waals surface area contributed by atoms with Crippen molar-refractivity contribution >= 4 is 16.8 Å². The monoisotopic (exact) mass is 209 g/mol. The molecule has 0 unspecified atom stereocenters. The van der Waals surface area contributed by atoms with Gasteiger partial charge in [0.1, 0.15) is 0 Å². The van der Waals surface area contributed by atoms with Crippen molar-refractivity contribution < 1.29 is 5.21 Å². The van der Waals surface area contributed by atoms with E-state index < -0.39 is 0 Å². The average Bonchev–Trinajstić information content (AvgIpc) is 2.27. The second kappa shape index (κ2) is 4.01. The van der Waals surface area contributed by atoms with E-state index in [9.17, 15) is 0 Å². The Morgan fingerprint density at radius 2 is 1.93 bits per heavy atom. The van der Waals surface area contributed by atoms with Crippen molar-refractivity contribution in [2.24, 2.45) is 5.16 Å². The zero-order valence-corrected chi connectivity index (χ0v) is 8.59. The molecule has 1 aliphatic carbocycles. The van der Waals surface area contributed by atoms with Gasteiger partial charge in [-0.2, -0.15) is 0 Å². The molecule has 2 rings (SSSR count). The smallest absolute Gasteiger partial charge is 0.175 e. The quantitative estimate of drug-likeness (QED) is 0.431. The molecule has 3 heteroatoms. The zero-order valence-electron chi connectivity index (χ0n) is 7.83.